The van der Waals surface area contributed by atoms with Crippen LogP contribution in [0.1, 0.15) is 12.6 Å². The minimum atomic E-state index is -0.416. The van der Waals surface area contributed by atoms with E-state index in [-0.39, 0.29) is 0 Å². The molecule has 0 saturated heterocycles. The summed E-state index contributed by atoms with van der Waals surface area (Å²) >= 11 is 12.1. The number of carbonyl (C=O) groups excluding carboxylic acids is 1. The van der Waals surface area contributed by atoms with E-state index in [0.717, 1.165) is 22.3 Å². The maximum absolute atomic E-state index is 12.2. The third kappa shape index (κ3) is 4.94. The zero-order valence-electron chi connectivity index (χ0n) is 14.6. The van der Waals surface area contributed by atoms with Gasteiger partial charge in [0, 0.05) is 22.3 Å². The van der Waals surface area contributed by atoms with Crippen molar-refractivity contribution in [3.05, 3.63) is 82.1 Å². The molecule has 0 saturated carbocycles. The number of hydrogen-bond acceptors (Lipinski definition) is 3. The first-order valence-corrected chi connectivity index (χ1v) is 9.17. The van der Waals surface area contributed by atoms with Gasteiger partial charge in [0.2, 0.25) is 0 Å². The minimum absolute atomic E-state index is 0.305. The lowest BCUT2D eigenvalue weighted by Crippen LogP contribution is -2.14. The lowest BCUT2D eigenvalue weighted by molar-refractivity contribution is -0.138. The molecule has 3 rings (SSSR count). The Morgan fingerprint density at radius 2 is 1.89 bits per heavy atom. The number of halogens is 2. The van der Waals surface area contributed by atoms with Gasteiger partial charge in [-0.05, 0) is 49.4 Å². The maximum atomic E-state index is 12.2. The number of allylic oxidation sites excluding steroid dienone is 2. The number of nitrogens with one attached hydrogen (secondary N) is 2. The largest absolute Gasteiger partial charge is 0.461 e. The van der Waals surface area contributed by atoms with E-state index in [9.17, 15) is 4.79 Å². The molecule has 0 aliphatic carbocycles. The van der Waals surface area contributed by atoms with Crippen molar-refractivity contribution >= 4 is 51.8 Å². The Morgan fingerprint density at radius 3 is 2.63 bits per heavy atom. The van der Waals surface area contributed by atoms with Crippen molar-refractivity contribution in [3.8, 4) is 0 Å². The van der Waals surface area contributed by atoms with E-state index in [4.69, 9.17) is 27.9 Å². The van der Waals surface area contributed by atoms with Crippen LogP contribution >= 0.6 is 23.2 Å². The lowest BCUT2D eigenvalue weighted by atomic mass is 10.2. The monoisotopic (exact) mass is 400 g/mol. The molecule has 1 aromatic heterocycles. The van der Waals surface area contributed by atoms with Gasteiger partial charge < -0.3 is 15.0 Å². The van der Waals surface area contributed by atoms with E-state index in [1.54, 1.807) is 25.1 Å². The Morgan fingerprint density at radius 1 is 1.15 bits per heavy atom. The molecular weight excluding hydrogens is 383 g/mol. The van der Waals surface area contributed by atoms with E-state index < -0.39 is 5.97 Å². The highest BCUT2D eigenvalue weighted by atomic mass is 35.5. The third-order valence-electron chi connectivity index (χ3n) is 3.77. The number of esters is 1. The molecule has 0 fully saturated rings. The van der Waals surface area contributed by atoms with Gasteiger partial charge in [0.25, 0.3) is 0 Å². The fourth-order valence-corrected chi connectivity index (χ4v) is 2.87. The van der Waals surface area contributed by atoms with Gasteiger partial charge in [-0.3, -0.25) is 0 Å². The number of aromatic amines is 1. The third-order valence-corrected chi connectivity index (χ3v) is 4.49. The average molecular weight is 401 g/mol. The van der Waals surface area contributed by atoms with Crippen LogP contribution in [0.5, 0.6) is 0 Å². The first kappa shape index (κ1) is 19.1. The fraction of sp³-hybridized carbons (Fsp3) is 0.0952. The summed E-state index contributed by atoms with van der Waals surface area (Å²) in [6.45, 7) is 2.08. The summed E-state index contributed by atoms with van der Waals surface area (Å²) < 4.78 is 5.11. The number of fused-ring (bicyclic) bond motifs is 1. The number of H-pyrrole nitrogens is 1. The second-order valence-electron chi connectivity index (χ2n) is 5.73. The molecule has 0 aliphatic heterocycles. The van der Waals surface area contributed by atoms with Crippen LogP contribution in [0.4, 0.5) is 5.69 Å². The molecule has 138 valence electrons. The summed E-state index contributed by atoms with van der Waals surface area (Å²) in [4.78, 5) is 15.4. The zero-order valence-corrected chi connectivity index (χ0v) is 16.1. The van der Waals surface area contributed by atoms with Gasteiger partial charge in [-0.15, -0.1) is 0 Å². The van der Waals surface area contributed by atoms with Crippen molar-refractivity contribution in [2.75, 3.05) is 11.9 Å². The lowest BCUT2D eigenvalue weighted by Gasteiger charge is -2.09. The highest BCUT2D eigenvalue weighted by Gasteiger charge is 2.09. The Kier molecular flexibility index (Phi) is 6.22. The second-order valence-corrected chi connectivity index (χ2v) is 6.54. The molecule has 4 nitrogen and oxygen atoms in total. The van der Waals surface area contributed by atoms with Crippen molar-refractivity contribution in [3.63, 3.8) is 0 Å². The van der Waals surface area contributed by atoms with Crippen LogP contribution in [-0.4, -0.2) is 17.6 Å². The van der Waals surface area contributed by atoms with E-state index >= 15 is 0 Å². The zero-order chi connectivity index (χ0) is 19.2. The molecule has 1 heterocycles. The van der Waals surface area contributed by atoms with Crippen molar-refractivity contribution in [2.24, 2.45) is 0 Å². The highest BCUT2D eigenvalue weighted by molar-refractivity contribution is 6.42. The van der Waals surface area contributed by atoms with Gasteiger partial charge in [-0.2, -0.15) is 0 Å². The smallest absolute Gasteiger partial charge is 0.354 e. The van der Waals surface area contributed by atoms with E-state index in [0.29, 0.717) is 22.3 Å². The number of rotatable bonds is 6. The van der Waals surface area contributed by atoms with Gasteiger partial charge >= 0.3 is 5.97 Å². The number of carbonyl (C=O) groups is 1. The molecule has 2 aromatic carbocycles. The molecule has 0 spiro atoms. The van der Waals surface area contributed by atoms with Crippen molar-refractivity contribution in [1.82, 2.24) is 4.98 Å². The van der Waals surface area contributed by atoms with Gasteiger partial charge in [-0.25, -0.2) is 4.79 Å². The molecule has 0 unspecified atom stereocenters. The van der Waals surface area contributed by atoms with Gasteiger partial charge in [0.1, 0.15) is 5.70 Å². The predicted molar refractivity (Wildman–Crippen MR) is 112 cm³/mol. The summed E-state index contributed by atoms with van der Waals surface area (Å²) in [5, 5.41) is 5.05. The number of hydrogen-bond donors (Lipinski definition) is 2. The molecule has 6 heteroatoms. The summed E-state index contributed by atoms with van der Waals surface area (Å²) in [7, 11) is 0. The van der Waals surface area contributed by atoms with Gasteiger partial charge in [-0.1, -0.05) is 47.5 Å². The molecule has 2 N–H and O–H groups in total. The van der Waals surface area contributed by atoms with Crippen molar-refractivity contribution in [2.45, 2.75) is 6.92 Å². The summed E-state index contributed by atoms with van der Waals surface area (Å²) in [6.07, 6.45) is 5.31. The molecular formula is C21H18Cl2N2O2. The molecule has 27 heavy (non-hydrogen) atoms. The van der Waals surface area contributed by atoms with Crippen LogP contribution in [0.3, 0.4) is 0 Å². The summed E-state index contributed by atoms with van der Waals surface area (Å²) in [5.41, 5.74) is 2.91. The Labute approximate surface area is 167 Å². The van der Waals surface area contributed by atoms with Crippen LogP contribution in [0.25, 0.3) is 17.0 Å². The molecule has 0 atom stereocenters. The SMILES string of the molecule is CCOC(=O)C(=CC=Cc1cc2cc(Cl)c(Cl)cc2[nH]1)Nc1ccccc1. The van der Waals surface area contributed by atoms with Crippen LogP contribution in [0, 0.1) is 0 Å². The van der Waals surface area contributed by atoms with Crippen molar-refractivity contribution in [1.29, 1.82) is 0 Å². The number of aromatic nitrogens is 1. The molecule has 0 amide bonds. The number of para-hydroxylation sites is 1. The Hall–Kier alpha value is -2.69. The Balaban J connectivity index is 1.83. The predicted octanol–water partition coefficient (Wildman–Crippen LogP) is 6.05. The number of anilines is 1. The van der Waals surface area contributed by atoms with E-state index in [1.165, 1.54) is 0 Å². The standard InChI is InChI=1S/C21H18Cl2N2O2/c1-2-27-21(26)19(24-15-7-4-3-5-8-15)10-6-9-16-11-14-12-17(22)18(23)13-20(14)25-16/h3-13,24-25H,2H2,1H3. The van der Waals surface area contributed by atoms with Crippen LogP contribution in [0.15, 0.2) is 66.4 Å². The maximum Gasteiger partial charge on any atom is 0.354 e. The fourth-order valence-electron chi connectivity index (χ4n) is 2.53. The number of ether oxygens (including phenoxy) is 1. The number of benzene rings is 2. The van der Waals surface area contributed by atoms with Crippen LogP contribution < -0.4 is 5.32 Å². The van der Waals surface area contributed by atoms with E-state index in [1.807, 2.05) is 48.5 Å². The Bertz CT molecular complexity index is 969. The highest BCUT2D eigenvalue weighted by Crippen LogP contribution is 2.28. The summed E-state index contributed by atoms with van der Waals surface area (Å²) in [5.74, 6) is -0.416. The first-order valence-electron chi connectivity index (χ1n) is 8.42. The van der Waals surface area contributed by atoms with E-state index in [2.05, 4.69) is 10.3 Å². The molecule has 0 aliphatic rings. The van der Waals surface area contributed by atoms with Gasteiger partial charge in [0.05, 0.1) is 16.7 Å². The summed E-state index contributed by atoms with van der Waals surface area (Å²) in [6, 6.07) is 15.0. The van der Waals surface area contributed by atoms with Crippen LogP contribution in [0.2, 0.25) is 10.0 Å². The topological polar surface area (TPSA) is 54.1 Å². The molecule has 0 bridgehead atoms. The average Bonchev–Trinajstić information content (AvgIpc) is 3.03. The van der Waals surface area contributed by atoms with Crippen molar-refractivity contribution < 1.29 is 9.53 Å². The van der Waals surface area contributed by atoms with Gasteiger partial charge in [0.15, 0.2) is 0 Å². The molecule has 3 aromatic rings. The van der Waals surface area contributed by atoms with Crippen LogP contribution in [-0.2, 0) is 9.53 Å². The second kappa shape index (κ2) is 8.80. The first-order chi connectivity index (χ1) is 13.1. The quantitative estimate of drug-likeness (QED) is 0.301. The normalized spacial score (nSPS) is 11.9. The minimum Gasteiger partial charge on any atom is -0.461 e. The molecule has 0 radical (unpaired) electrons.